The van der Waals surface area contributed by atoms with Crippen LogP contribution >= 0.6 is 27.3 Å². The Morgan fingerprint density at radius 3 is 3.06 bits per heavy atom. The zero-order valence-electron chi connectivity index (χ0n) is 9.94. The van der Waals surface area contributed by atoms with E-state index < -0.39 is 0 Å². The van der Waals surface area contributed by atoms with E-state index in [0.29, 0.717) is 16.7 Å². The standard InChI is InChI=1S/C13H13BrN2OS/c1-2-9-5-7-18-11(9)8-16-13(17)12-10(14)4-3-6-15-12/h3-7H,2,8H2,1H3,(H,16,17). The number of aromatic nitrogens is 1. The maximum Gasteiger partial charge on any atom is 0.271 e. The number of rotatable bonds is 4. The molecule has 18 heavy (non-hydrogen) atoms. The topological polar surface area (TPSA) is 42.0 Å². The molecule has 3 nitrogen and oxygen atoms in total. The zero-order chi connectivity index (χ0) is 13.0. The summed E-state index contributed by atoms with van der Waals surface area (Å²) in [6.07, 6.45) is 2.60. The fourth-order valence-corrected chi connectivity index (χ4v) is 2.99. The van der Waals surface area contributed by atoms with E-state index in [2.05, 4.69) is 44.6 Å². The highest BCUT2D eigenvalue weighted by molar-refractivity contribution is 9.10. The van der Waals surface area contributed by atoms with Gasteiger partial charge in [0.05, 0.1) is 6.54 Å². The number of hydrogen-bond donors (Lipinski definition) is 1. The number of pyridine rings is 1. The Morgan fingerprint density at radius 1 is 1.50 bits per heavy atom. The van der Waals surface area contributed by atoms with Crippen LogP contribution in [0.1, 0.15) is 27.9 Å². The predicted molar refractivity (Wildman–Crippen MR) is 76.8 cm³/mol. The number of thiophene rings is 1. The van der Waals surface area contributed by atoms with Crippen molar-refractivity contribution in [1.29, 1.82) is 0 Å². The van der Waals surface area contributed by atoms with Gasteiger partial charge in [-0.2, -0.15) is 0 Å². The molecule has 2 heterocycles. The van der Waals surface area contributed by atoms with Crippen LogP contribution in [0.4, 0.5) is 0 Å². The molecule has 1 N–H and O–H groups in total. The minimum absolute atomic E-state index is 0.155. The Morgan fingerprint density at radius 2 is 2.33 bits per heavy atom. The van der Waals surface area contributed by atoms with Crippen molar-refractivity contribution in [3.63, 3.8) is 0 Å². The van der Waals surface area contributed by atoms with Crippen LogP contribution in [-0.2, 0) is 13.0 Å². The molecular weight excluding hydrogens is 312 g/mol. The number of halogens is 1. The van der Waals surface area contributed by atoms with Crippen molar-refractivity contribution in [2.45, 2.75) is 19.9 Å². The first-order valence-corrected chi connectivity index (χ1v) is 7.33. The van der Waals surface area contributed by atoms with Gasteiger partial charge in [-0.1, -0.05) is 6.92 Å². The summed E-state index contributed by atoms with van der Waals surface area (Å²) in [7, 11) is 0. The van der Waals surface area contributed by atoms with Crippen molar-refractivity contribution in [1.82, 2.24) is 10.3 Å². The fraction of sp³-hybridized carbons (Fsp3) is 0.231. The molecule has 2 aromatic rings. The van der Waals surface area contributed by atoms with E-state index in [1.54, 1.807) is 23.6 Å². The third-order valence-corrected chi connectivity index (χ3v) is 4.20. The Balaban J connectivity index is 2.03. The van der Waals surface area contributed by atoms with Crippen LogP contribution in [0, 0.1) is 0 Å². The van der Waals surface area contributed by atoms with Crippen molar-refractivity contribution >= 4 is 33.2 Å². The van der Waals surface area contributed by atoms with Crippen molar-refractivity contribution in [3.05, 3.63) is 50.4 Å². The number of carbonyl (C=O) groups excluding carboxylic acids is 1. The SMILES string of the molecule is CCc1ccsc1CNC(=O)c1ncccc1Br. The molecular formula is C13H13BrN2OS. The van der Waals surface area contributed by atoms with E-state index in [4.69, 9.17) is 0 Å². The number of nitrogens with zero attached hydrogens (tertiary/aromatic N) is 1. The number of aryl methyl sites for hydroxylation is 1. The second kappa shape index (κ2) is 6.11. The van der Waals surface area contributed by atoms with Crippen molar-refractivity contribution in [2.75, 3.05) is 0 Å². The Bertz CT molecular complexity index is 553. The minimum Gasteiger partial charge on any atom is -0.346 e. The summed E-state index contributed by atoms with van der Waals surface area (Å²) in [5.41, 5.74) is 1.72. The average Bonchev–Trinajstić information content (AvgIpc) is 2.84. The first-order chi connectivity index (χ1) is 8.72. The quantitative estimate of drug-likeness (QED) is 0.936. The molecule has 0 spiro atoms. The molecule has 5 heteroatoms. The number of amides is 1. The molecule has 0 aliphatic rings. The van der Waals surface area contributed by atoms with E-state index >= 15 is 0 Å². The van der Waals surface area contributed by atoms with Crippen LogP contribution in [0.15, 0.2) is 34.2 Å². The van der Waals surface area contributed by atoms with Crippen LogP contribution < -0.4 is 5.32 Å². The molecule has 0 atom stereocenters. The summed E-state index contributed by atoms with van der Waals surface area (Å²) in [6.45, 7) is 2.67. The largest absolute Gasteiger partial charge is 0.346 e. The van der Waals surface area contributed by atoms with Crippen LogP contribution in [0.3, 0.4) is 0 Å². The lowest BCUT2D eigenvalue weighted by Crippen LogP contribution is -2.24. The molecule has 0 bridgehead atoms. The summed E-state index contributed by atoms with van der Waals surface area (Å²) < 4.78 is 0.712. The summed E-state index contributed by atoms with van der Waals surface area (Å²) >= 11 is 4.99. The molecule has 2 rings (SSSR count). The van der Waals surface area contributed by atoms with Gasteiger partial charge in [0.2, 0.25) is 0 Å². The smallest absolute Gasteiger partial charge is 0.271 e. The van der Waals surface area contributed by atoms with Crippen molar-refractivity contribution < 1.29 is 4.79 Å². The first-order valence-electron chi connectivity index (χ1n) is 5.66. The van der Waals surface area contributed by atoms with Gasteiger partial charge in [0.25, 0.3) is 5.91 Å². The summed E-state index contributed by atoms with van der Waals surface area (Å²) in [6, 6.07) is 5.70. The fourth-order valence-electron chi connectivity index (χ4n) is 1.63. The highest BCUT2D eigenvalue weighted by atomic mass is 79.9. The van der Waals surface area contributed by atoms with Gasteiger partial charge >= 0.3 is 0 Å². The van der Waals surface area contributed by atoms with Gasteiger partial charge < -0.3 is 5.32 Å². The lowest BCUT2D eigenvalue weighted by atomic mass is 10.2. The molecule has 1 amide bonds. The molecule has 2 aromatic heterocycles. The molecule has 94 valence electrons. The molecule has 0 aromatic carbocycles. The van der Waals surface area contributed by atoms with E-state index in [0.717, 1.165) is 6.42 Å². The highest BCUT2D eigenvalue weighted by Gasteiger charge is 2.11. The lowest BCUT2D eigenvalue weighted by Gasteiger charge is -2.06. The van der Waals surface area contributed by atoms with Crippen LogP contribution in [0.2, 0.25) is 0 Å². The third-order valence-electron chi connectivity index (χ3n) is 2.60. The molecule has 0 aliphatic carbocycles. The van der Waals surface area contributed by atoms with Gasteiger partial charge in [-0.25, -0.2) is 4.98 Å². The summed E-state index contributed by atoms with van der Waals surface area (Å²) in [5.74, 6) is -0.155. The van der Waals surface area contributed by atoms with Gasteiger partial charge in [-0.15, -0.1) is 11.3 Å². The van der Waals surface area contributed by atoms with Gasteiger partial charge in [0.15, 0.2) is 0 Å². The molecule has 0 saturated carbocycles. The Labute approximate surface area is 118 Å². The van der Waals surface area contributed by atoms with E-state index in [1.807, 2.05) is 6.07 Å². The van der Waals surface area contributed by atoms with Crippen molar-refractivity contribution in [3.8, 4) is 0 Å². The average molecular weight is 325 g/mol. The lowest BCUT2D eigenvalue weighted by molar-refractivity contribution is 0.0945. The van der Waals surface area contributed by atoms with Gasteiger partial charge in [0, 0.05) is 15.5 Å². The number of hydrogen-bond acceptors (Lipinski definition) is 3. The van der Waals surface area contributed by atoms with Gasteiger partial charge in [0.1, 0.15) is 5.69 Å². The summed E-state index contributed by atoms with van der Waals surface area (Å²) in [5, 5.41) is 4.95. The maximum absolute atomic E-state index is 12.0. The van der Waals surface area contributed by atoms with Gasteiger partial charge in [-0.05, 0) is 51.5 Å². The predicted octanol–water partition coefficient (Wildman–Crippen LogP) is 3.40. The minimum atomic E-state index is -0.155. The first kappa shape index (κ1) is 13.2. The maximum atomic E-state index is 12.0. The van der Waals surface area contributed by atoms with E-state index in [9.17, 15) is 4.79 Å². The highest BCUT2D eigenvalue weighted by Crippen LogP contribution is 2.18. The molecule has 0 unspecified atom stereocenters. The van der Waals surface area contributed by atoms with Gasteiger partial charge in [-0.3, -0.25) is 4.79 Å². The normalized spacial score (nSPS) is 10.3. The monoisotopic (exact) mass is 324 g/mol. The van der Waals surface area contributed by atoms with Crippen LogP contribution in [0.5, 0.6) is 0 Å². The molecule has 0 fully saturated rings. The Hall–Kier alpha value is -1.20. The third kappa shape index (κ3) is 2.97. The van der Waals surface area contributed by atoms with Crippen LogP contribution in [-0.4, -0.2) is 10.9 Å². The second-order valence-electron chi connectivity index (χ2n) is 3.74. The number of nitrogens with one attached hydrogen (secondary N) is 1. The zero-order valence-corrected chi connectivity index (χ0v) is 12.3. The summed E-state index contributed by atoms with van der Waals surface area (Å²) in [4.78, 5) is 17.2. The molecule has 0 saturated heterocycles. The molecule has 0 radical (unpaired) electrons. The molecule has 0 aliphatic heterocycles. The van der Waals surface area contributed by atoms with Crippen LogP contribution in [0.25, 0.3) is 0 Å². The Kier molecular flexibility index (Phi) is 4.49. The van der Waals surface area contributed by atoms with Crippen molar-refractivity contribution in [2.24, 2.45) is 0 Å². The van der Waals surface area contributed by atoms with E-state index in [-0.39, 0.29) is 5.91 Å². The second-order valence-corrected chi connectivity index (χ2v) is 5.59. The number of carbonyl (C=O) groups is 1. The van der Waals surface area contributed by atoms with E-state index in [1.165, 1.54) is 10.4 Å².